The molecule has 2 atom stereocenters. The van der Waals surface area contributed by atoms with Gasteiger partial charge in [0.15, 0.2) is 0 Å². The molecule has 0 radical (unpaired) electrons. The van der Waals surface area contributed by atoms with Crippen molar-refractivity contribution in [3.05, 3.63) is 68.7 Å². The molecule has 3 rings (SSSR count). The maximum absolute atomic E-state index is 6.53. The minimum Gasteiger partial charge on any atom is -0.327 e. The molecule has 2 aromatic rings. The first-order valence-corrected chi connectivity index (χ1v) is 8.59. The summed E-state index contributed by atoms with van der Waals surface area (Å²) in [7, 11) is 0. The van der Waals surface area contributed by atoms with Crippen LogP contribution in [0.5, 0.6) is 0 Å². The summed E-state index contributed by atoms with van der Waals surface area (Å²) >= 11 is 9.77. The number of benzene rings is 2. The molecule has 1 nitrogen and oxygen atoms in total. The third-order valence-corrected chi connectivity index (χ3v) is 5.25. The fourth-order valence-electron chi connectivity index (χ4n) is 3.32. The van der Waals surface area contributed by atoms with Crippen molar-refractivity contribution in [1.82, 2.24) is 0 Å². The van der Waals surface area contributed by atoms with Gasteiger partial charge in [0.1, 0.15) is 0 Å². The molecule has 1 aliphatic rings. The Labute approximate surface area is 139 Å². The van der Waals surface area contributed by atoms with Crippen molar-refractivity contribution in [3.8, 4) is 0 Å². The molecule has 2 unspecified atom stereocenters. The molecule has 0 bridgehead atoms. The van der Waals surface area contributed by atoms with E-state index in [0.717, 1.165) is 21.5 Å². The lowest BCUT2D eigenvalue weighted by molar-refractivity contribution is 0.460. The van der Waals surface area contributed by atoms with Crippen LogP contribution in [-0.4, -0.2) is 6.04 Å². The van der Waals surface area contributed by atoms with Crippen molar-refractivity contribution in [2.45, 2.75) is 37.6 Å². The first-order valence-electron chi connectivity index (χ1n) is 7.42. The van der Waals surface area contributed by atoms with Gasteiger partial charge in [-0.05, 0) is 60.4 Å². The van der Waals surface area contributed by atoms with Crippen molar-refractivity contribution >= 4 is 27.5 Å². The molecule has 0 saturated heterocycles. The predicted molar refractivity (Wildman–Crippen MR) is 93.0 cm³/mol. The first-order chi connectivity index (χ1) is 10.1. The Morgan fingerprint density at radius 2 is 2.05 bits per heavy atom. The molecule has 2 N–H and O–H groups in total. The average molecular weight is 365 g/mol. The topological polar surface area (TPSA) is 26.0 Å². The molecule has 0 heterocycles. The largest absolute Gasteiger partial charge is 0.327 e. The fraction of sp³-hybridized carbons (Fsp3) is 0.333. The zero-order valence-electron chi connectivity index (χ0n) is 11.9. The molecule has 1 aliphatic carbocycles. The normalized spacial score (nSPS) is 19.1. The lowest BCUT2D eigenvalue weighted by Gasteiger charge is -2.30. The summed E-state index contributed by atoms with van der Waals surface area (Å²) < 4.78 is 1.01. The summed E-state index contributed by atoms with van der Waals surface area (Å²) in [5.41, 5.74) is 10.6. The maximum atomic E-state index is 6.53. The molecule has 110 valence electrons. The van der Waals surface area contributed by atoms with Crippen LogP contribution in [0.15, 0.2) is 46.9 Å². The molecular weight excluding hydrogens is 346 g/mol. The number of rotatable bonds is 3. The summed E-state index contributed by atoms with van der Waals surface area (Å²) in [6.07, 6.45) is 4.40. The number of nitrogens with two attached hydrogens (primary N) is 1. The van der Waals surface area contributed by atoms with E-state index in [-0.39, 0.29) is 6.04 Å². The molecule has 2 aromatic carbocycles. The van der Waals surface area contributed by atoms with Crippen LogP contribution < -0.4 is 5.73 Å². The molecule has 0 aliphatic heterocycles. The summed E-state index contributed by atoms with van der Waals surface area (Å²) in [5, 5.41) is 0.795. The van der Waals surface area contributed by atoms with E-state index in [4.69, 9.17) is 17.3 Å². The van der Waals surface area contributed by atoms with Gasteiger partial charge in [-0.1, -0.05) is 57.9 Å². The van der Waals surface area contributed by atoms with Gasteiger partial charge in [0.25, 0.3) is 0 Å². The number of halogens is 2. The highest BCUT2D eigenvalue weighted by molar-refractivity contribution is 9.10. The maximum Gasteiger partial charge on any atom is 0.0449 e. The van der Waals surface area contributed by atoms with Crippen LogP contribution in [-0.2, 0) is 12.8 Å². The number of fused-ring (bicyclic) bond motifs is 1. The van der Waals surface area contributed by atoms with Crippen molar-refractivity contribution in [3.63, 3.8) is 0 Å². The van der Waals surface area contributed by atoms with Crippen LogP contribution >= 0.6 is 27.5 Å². The van der Waals surface area contributed by atoms with Gasteiger partial charge >= 0.3 is 0 Å². The predicted octanol–water partition coefficient (Wildman–Crippen LogP) is 5.09. The minimum atomic E-state index is 0.116. The van der Waals surface area contributed by atoms with E-state index in [2.05, 4.69) is 46.3 Å². The van der Waals surface area contributed by atoms with E-state index in [9.17, 15) is 0 Å². The van der Waals surface area contributed by atoms with Gasteiger partial charge in [-0.25, -0.2) is 0 Å². The zero-order valence-corrected chi connectivity index (χ0v) is 14.2. The van der Waals surface area contributed by atoms with Crippen LogP contribution in [0.4, 0.5) is 0 Å². The zero-order chi connectivity index (χ0) is 14.8. The molecule has 0 saturated carbocycles. The Balaban J connectivity index is 1.81. The molecule has 0 amide bonds. The Bertz CT molecular complexity index is 641. The minimum absolute atomic E-state index is 0.116. The van der Waals surface area contributed by atoms with E-state index < -0.39 is 0 Å². The van der Waals surface area contributed by atoms with Gasteiger partial charge in [-0.2, -0.15) is 0 Å². The SMILES string of the molecule is NC(Cc1ccc(Br)cc1Cl)C1CCCc2ccccc21. The third-order valence-electron chi connectivity index (χ3n) is 4.40. The van der Waals surface area contributed by atoms with Crippen LogP contribution in [0.1, 0.15) is 35.4 Å². The lowest BCUT2D eigenvalue weighted by Crippen LogP contribution is -2.33. The Morgan fingerprint density at radius 3 is 2.86 bits per heavy atom. The Hall–Kier alpha value is -0.830. The van der Waals surface area contributed by atoms with Crippen molar-refractivity contribution in [2.75, 3.05) is 0 Å². The van der Waals surface area contributed by atoms with Gasteiger partial charge < -0.3 is 5.73 Å². The standard InChI is InChI=1S/C18H19BrClN/c19-14-9-8-13(17(20)11-14)10-18(21)16-7-3-5-12-4-1-2-6-15(12)16/h1-2,4,6,8-9,11,16,18H,3,5,7,10,21H2. The summed E-state index contributed by atoms with van der Waals surface area (Å²) in [4.78, 5) is 0. The second-order valence-corrected chi connectivity index (χ2v) is 7.12. The Morgan fingerprint density at radius 1 is 1.24 bits per heavy atom. The average Bonchev–Trinajstić information content (AvgIpc) is 2.49. The summed E-state index contributed by atoms with van der Waals surface area (Å²) in [6, 6.07) is 14.9. The van der Waals surface area contributed by atoms with Gasteiger partial charge in [0, 0.05) is 15.5 Å². The third kappa shape index (κ3) is 3.33. The number of hydrogen-bond donors (Lipinski definition) is 1. The molecule has 3 heteroatoms. The van der Waals surface area contributed by atoms with E-state index in [1.807, 2.05) is 12.1 Å². The number of aryl methyl sites for hydroxylation is 1. The van der Waals surface area contributed by atoms with Crippen molar-refractivity contribution in [2.24, 2.45) is 5.73 Å². The molecule has 0 aromatic heterocycles. The van der Waals surface area contributed by atoms with Crippen LogP contribution in [0.3, 0.4) is 0 Å². The van der Waals surface area contributed by atoms with Gasteiger partial charge in [-0.15, -0.1) is 0 Å². The highest BCUT2D eigenvalue weighted by Gasteiger charge is 2.25. The smallest absolute Gasteiger partial charge is 0.0449 e. The fourth-order valence-corrected chi connectivity index (χ4v) is 4.07. The molecule has 0 spiro atoms. The van der Waals surface area contributed by atoms with Gasteiger partial charge in [0.05, 0.1) is 0 Å². The molecule has 0 fully saturated rings. The summed E-state index contributed by atoms with van der Waals surface area (Å²) in [5.74, 6) is 0.440. The monoisotopic (exact) mass is 363 g/mol. The van der Waals surface area contributed by atoms with Crippen LogP contribution in [0.2, 0.25) is 5.02 Å². The van der Waals surface area contributed by atoms with E-state index in [1.165, 1.54) is 30.4 Å². The number of hydrogen-bond acceptors (Lipinski definition) is 1. The molecular formula is C18H19BrClN. The van der Waals surface area contributed by atoms with E-state index in [1.54, 1.807) is 0 Å². The highest BCUT2D eigenvalue weighted by Crippen LogP contribution is 2.35. The summed E-state index contributed by atoms with van der Waals surface area (Å²) in [6.45, 7) is 0. The van der Waals surface area contributed by atoms with E-state index in [0.29, 0.717) is 5.92 Å². The Kier molecular flexibility index (Phi) is 4.68. The van der Waals surface area contributed by atoms with Gasteiger partial charge in [-0.3, -0.25) is 0 Å². The quantitative estimate of drug-likeness (QED) is 0.806. The second kappa shape index (κ2) is 6.51. The highest BCUT2D eigenvalue weighted by atomic mass is 79.9. The first kappa shape index (κ1) is 15.1. The molecule has 21 heavy (non-hydrogen) atoms. The van der Waals surface area contributed by atoms with Crippen molar-refractivity contribution in [1.29, 1.82) is 0 Å². The lowest BCUT2D eigenvalue weighted by atomic mass is 9.77. The van der Waals surface area contributed by atoms with Crippen LogP contribution in [0, 0.1) is 0 Å². The van der Waals surface area contributed by atoms with Crippen molar-refractivity contribution < 1.29 is 0 Å². The van der Waals surface area contributed by atoms with E-state index >= 15 is 0 Å². The van der Waals surface area contributed by atoms with Gasteiger partial charge in [0.2, 0.25) is 0 Å². The second-order valence-electron chi connectivity index (χ2n) is 5.80. The van der Waals surface area contributed by atoms with Crippen LogP contribution in [0.25, 0.3) is 0 Å².